The number of nitrogens with two attached hydrogens (primary N) is 1. The maximum absolute atomic E-state index is 12.6. The molecule has 1 amide bonds. The second kappa shape index (κ2) is 5.43. The van der Waals surface area contributed by atoms with Crippen molar-refractivity contribution in [2.45, 2.75) is 40.5 Å². The van der Waals surface area contributed by atoms with E-state index in [-0.39, 0.29) is 11.3 Å². The van der Waals surface area contributed by atoms with E-state index in [0.29, 0.717) is 17.3 Å². The van der Waals surface area contributed by atoms with E-state index in [1.165, 1.54) is 0 Å². The van der Waals surface area contributed by atoms with Gasteiger partial charge in [0.05, 0.1) is 0 Å². The Morgan fingerprint density at radius 2 is 2.15 bits per heavy atom. The molecule has 0 aromatic carbocycles. The Kier molecular flexibility index (Phi) is 4.02. The van der Waals surface area contributed by atoms with Crippen LogP contribution in [0.3, 0.4) is 0 Å². The van der Waals surface area contributed by atoms with Gasteiger partial charge >= 0.3 is 0 Å². The van der Waals surface area contributed by atoms with Gasteiger partial charge in [-0.2, -0.15) is 0 Å². The molecule has 110 valence electrons. The summed E-state index contributed by atoms with van der Waals surface area (Å²) in [6.45, 7) is 10.4. The smallest absolute Gasteiger partial charge is 0.254 e. The lowest BCUT2D eigenvalue weighted by Gasteiger charge is -2.27. The number of rotatable bonds is 2. The summed E-state index contributed by atoms with van der Waals surface area (Å²) in [5.74, 6) is 1.08. The molecule has 4 nitrogen and oxygen atoms in total. The zero-order valence-electron chi connectivity index (χ0n) is 12.9. The molecule has 2 heterocycles. The molecule has 1 fully saturated rings. The topological polar surface area (TPSA) is 59.2 Å². The third-order valence-corrected chi connectivity index (χ3v) is 4.21. The van der Waals surface area contributed by atoms with Gasteiger partial charge in [0.15, 0.2) is 0 Å². The van der Waals surface area contributed by atoms with Crippen molar-refractivity contribution in [3.05, 3.63) is 23.4 Å². The van der Waals surface area contributed by atoms with Crippen LogP contribution >= 0.6 is 0 Å². The molecule has 1 aliphatic rings. The van der Waals surface area contributed by atoms with Crippen molar-refractivity contribution in [3.63, 3.8) is 0 Å². The van der Waals surface area contributed by atoms with E-state index in [1.54, 1.807) is 6.07 Å². The fraction of sp³-hybridized carbons (Fsp3) is 0.625. The van der Waals surface area contributed by atoms with Crippen LogP contribution in [-0.4, -0.2) is 28.9 Å². The van der Waals surface area contributed by atoms with Gasteiger partial charge in [0.25, 0.3) is 5.91 Å². The minimum absolute atomic E-state index is 0.0838. The Morgan fingerprint density at radius 3 is 2.70 bits per heavy atom. The molecule has 1 atom stereocenters. The molecule has 1 saturated heterocycles. The third-order valence-electron chi connectivity index (χ3n) is 4.21. The number of hydrogen-bond donors (Lipinski definition) is 1. The molecule has 2 rings (SSSR count). The summed E-state index contributed by atoms with van der Waals surface area (Å²) in [6, 6.07) is 3.55. The molecule has 0 radical (unpaired) electrons. The van der Waals surface area contributed by atoms with Gasteiger partial charge in [-0.25, -0.2) is 4.98 Å². The van der Waals surface area contributed by atoms with E-state index < -0.39 is 0 Å². The van der Waals surface area contributed by atoms with Crippen LogP contribution in [0.5, 0.6) is 0 Å². The van der Waals surface area contributed by atoms with Crippen molar-refractivity contribution >= 4 is 11.7 Å². The van der Waals surface area contributed by atoms with Gasteiger partial charge in [-0.3, -0.25) is 4.79 Å². The molecule has 1 aromatic heterocycles. The minimum atomic E-state index is 0.0838. The normalized spacial score (nSPS) is 19.4. The molecule has 2 N–H and O–H groups in total. The molecular formula is C16H25N3O. The molecule has 4 heteroatoms. The maximum Gasteiger partial charge on any atom is 0.254 e. The number of anilines is 1. The number of pyridine rings is 1. The number of nitrogen functional groups attached to an aromatic ring is 1. The number of aromatic nitrogens is 1. The molecule has 1 aliphatic heterocycles. The molecule has 1 unspecified atom stereocenters. The van der Waals surface area contributed by atoms with E-state index in [4.69, 9.17) is 5.73 Å². The third kappa shape index (κ3) is 3.11. The first kappa shape index (κ1) is 14.8. The molecule has 0 saturated carbocycles. The first-order valence-corrected chi connectivity index (χ1v) is 7.37. The average molecular weight is 275 g/mol. The highest BCUT2D eigenvalue weighted by Crippen LogP contribution is 2.34. The average Bonchev–Trinajstić information content (AvgIpc) is 2.86. The van der Waals surface area contributed by atoms with Crippen LogP contribution in [0, 0.1) is 11.3 Å². The number of amides is 1. The van der Waals surface area contributed by atoms with Crippen molar-refractivity contribution in [2.24, 2.45) is 11.3 Å². The lowest BCUT2D eigenvalue weighted by Crippen LogP contribution is -2.31. The Balaban J connectivity index is 2.15. The van der Waals surface area contributed by atoms with Crippen LogP contribution < -0.4 is 5.73 Å². The number of carbonyl (C=O) groups excluding carboxylic acids is 1. The van der Waals surface area contributed by atoms with Crippen molar-refractivity contribution < 1.29 is 4.79 Å². The zero-order chi connectivity index (χ0) is 14.9. The van der Waals surface area contributed by atoms with Gasteiger partial charge in [0.2, 0.25) is 0 Å². The maximum atomic E-state index is 12.6. The summed E-state index contributed by atoms with van der Waals surface area (Å²) in [7, 11) is 0. The van der Waals surface area contributed by atoms with Gasteiger partial charge in [0.1, 0.15) is 5.82 Å². The fourth-order valence-corrected chi connectivity index (χ4v) is 2.75. The zero-order valence-corrected chi connectivity index (χ0v) is 12.9. The van der Waals surface area contributed by atoms with Crippen LogP contribution in [0.1, 0.15) is 50.2 Å². The van der Waals surface area contributed by atoms with Crippen LogP contribution in [0.4, 0.5) is 5.82 Å². The van der Waals surface area contributed by atoms with E-state index in [0.717, 1.165) is 31.6 Å². The summed E-state index contributed by atoms with van der Waals surface area (Å²) in [4.78, 5) is 18.8. The van der Waals surface area contributed by atoms with E-state index in [2.05, 4.69) is 25.8 Å². The summed E-state index contributed by atoms with van der Waals surface area (Å²) < 4.78 is 0. The number of likely N-dealkylation sites (tertiary alicyclic amines) is 1. The van der Waals surface area contributed by atoms with Crippen molar-refractivity contribution in [3.8, 4) is 0 Å². The standard InChI is InChI=1S/C16H25N3O/c1-5-13-8-11(9-14(17)18-13)15(20)19-7-6-12(10-19)16(2,3)4/h8-9,12H,5-7,10H2,1-4H3,(H2,17,18). The molecule has 0 aliphatic carbocycles. The van der Waals surface area contributed by atoms with Gasteiger partial charge in [-0.1, -0.05) is 27.7 Å². The Morgan fingerprint density at radius 1 is 1.45 bits per heavy atom. The Hall–Kier alpha value is -1.58. The summed E-state index contributed by atoms with van der Waals surface area (Å²) in [6.07, 6.45) is 1.87. The van der Waals surface area contributed by atoms with E-state index in [9.17, 15) is 4.79 Å². The molecule has 0 spiro atoms. The van der Waals surface area contributed by atoms with Gasteiger partial charge in [0, 0.05) is 24.3 Å². The van der Waals surface area contributed by atoms with Crippen molar-refractivity contribution in [1.82, 2.24) is 9.88 Å². The quantitative estimate of drug-likeness (QED) is 0.902. The van der Waals surface area contributed by atoms with Crippen LogP contribution in [0.15, 0.2) is 12.1 Å². The van der Waals surface area contributed by atoms with Gasteiger partial charge < -0.3 is 10.6 Å². The first-order chi connectivity index (χ1) is 9.31. The second-order valence-corrected chi connectivity index (χ2v) is 6.73. The fourth-order valence-electron chi connectivity index (χ4n) is 2.75. The molecule has 1 aromatic rings. The van der Waals surface area contributed by atoms with Crippen molar-refractivity contribution in [2.75, 3.05) is 18.8 Å². The summed E-state index contributed by atoms with van der Waals surface area (Å²) in [5, 5.41) is 0. The largest absolute Gasteiger partial charge is 0.384 e. The minimum Gasteiger partial charge on any atom is -0.384 e. The molecule has 0 bridgehead atoms. The Labute approximate surface area is 121 Å². The molecule has 20 heavy (non-hydrogen) atoms. The van der Waals surface area contributed by atoms with E-state index in [1.807, 2.05) is 17.9 Å². The Bertz CT molecular complexity index is 505. The predicted octanol–water partition coefficient (Wildman–Crippen LogP) is 2.73. The monoisotopic (exact) mass is 275 g/mol. The van der Waals surface area contributed by atoms with Gasteiger partial charge in [-0.05, 0) is 36.3 Å². The molecular weight excluding hydrogens is 250 g/mol. The van der Waals surface area contributed by atoms with Crippen LogP contribution in [0.2, 0.25) is 0 Å². The highest BCUT2D eigenvalue weighted by molar-refractivity contribution is 5.95. The van der Waals surface area contributed by atoms with Gasteiger partial charge in [-0.15, -0.1) is 0 Å². The van der Waals surface area contributed by atoms with Crippen LogP contribution in [-0.2, 0) is 6.42 Å². The number of nitrogens with zero attached hydrogens (tertiary/aromatic N) is 2. The highest BCUT2D eigenvalue weighted by Gasteiger charge is 2.34. The van der Waals surface area contributed by atoms with Crippen molar-refractivity contribution in [1.29, 1.82) is 0 Å². The number of aryl methyl sites for hydroxylation is 1. The highest BCUT2D eigenvalue weighted by atomic mass is 16.2. The van der Waals surface area contributed by atoms with E-state index >= 15 is 0 Å². The number of hydrogen-bond acceptors (Lipinski definition) is 3. The lowest BCUT2D eigenvalue weighted by atomic mass is 9.80. The SMILES string of the molecule is CCc1cc(C(=O)N2CCC(C(C)(C)C)C2)cc(N)n1. The lowest BCUT2D eigenvalue weighted by molar-refractivity contribution is 0.0776. The first-order valence-electron chi connectivity index (χ1n) is 7.37. The summed E-state index contributed by atoms with van der Waals surface area (Å²) >= 11 is 0. The van der Waals surface area contributed by atoms with Crippen LogP contribution in [0.25, 0.3) is 0 Å². The number of carbonyl (C=O) groups is 1. The summed E-state index contributed by atoms with van der Waals surface area (Å²) in [5.41, 5.74) is 7.58. The predicted molar refractivity (Wildman–Crippen MR) is 81.5 cm³/mol. The second-order valence-electron chi connectivity index (χ2n) is 6.73.